The van der Waals surface area contributed by atoms with E-state index in [9.17, 15) is 9.90 Å². The molecule has 0 aliphatic rings. The quantitative estimate of drug-likeness (QED) is 0.543. The molecule has 0 aromatic rings. The maximum absolute atomic E-state index is 10.8. The van der Waals surface area contributed by atoms with Gasteiger partial charge in [0.15, 0.2) is 0 Å². The average Bonchev–Trinajstić information content (AvgIpc) is 2.12. The molecule has 0 fully saturated rings. The molecule has 1 unspecified atom stereocenters. The van der Waals surface area contributed by atoms with Gasteiger partial charge in [0.1, 0.15) is 0 Å². The van der Waals surface area contributed by atoms with Gasteiger partial charge in [-0.05, 0) is 5.92 Å². The average molecular weight is 200 g/mol. The van der Waals surface area contributed by atoms with Gasteiger partial charge in [-0.2, -0.15) is 0 Å². The van der Waals surface area contributed by atoms with Gasteiger partial charge < -0.3 is 9.84 Å². The second-order valence-electron chi connectivity index (χ2n) is 4.49. The lowest BCUT2D eigenvalue weighted by molar-refractivity contribution is -0.144. The fourth-order valence-corrected chi connectivity index (χ4v) is 1.30. The Morgan fingerprint density at radius 1 is 1.57 bits per heavy atom. The van der Waals surface area contributed by atoms with Crippen LogP contribution in [0.15, 0.2) is 12.7 Å². The summed E-state index contributed by atoms with van der Waals surface area (Å²) in [5.74, 6) is -0.304. The van der Waals surface area contributed by atoms with E-state index in [2.05, 4.69) is 6.58 Å². The second-order valence-corrected chi connectivity index (χ2v) is 4.49. The Morgan fingerprint density at radius 3 is 2.43 bits per heavy atom. The van der Waals surface area contributed by atoms with Crippen LogP contribution in [0.5, 0.6) is 0 Å². The van der Waals surface area contributed by atoms with Crippen LogP contribution in [0.4, 0.5) is 0 Å². The number of aliphatic hydroxyl groups excluding tert-OH is 1. The van der Waals surface area contributed by atoms with Gasteiger partial charge in [0, 0.05) is 11.5 Å². The molecule has 0 aromatic heterocycles. The molecule has 0 aliphatic heterocycles. The summed E-state index contributed by atoms with van der Waals surface area (Å²) in [6, 6.07) is 0. The molecule has 0 saturated carbocycles. The molecule has 0 saturated heterocycles. The standard InChI is InChI=1S/C11H20O3/c1-6-9(12)14-7-11(4,5)10(13)8(2)3/h6,8,10,13H,1,7H2,2-5H3. The van der Waals surface area contributed by atoms with Crippen molar-refractivity contribution in [1.82, 2.24) is 0 Å². The van der Waals surface area contributed by atoms with Crippen molar-refractivity contribution >= 4 is 5.97 Å². The van der Waals surface area contributed by atoms with Crippen molar-refractivity contribution < 1.29 is 14.6 Å². The topological polar surface area (TPSA) is 46.5 Å². The molecule has 0 spiro atoms. The minimum atomic E-state index is -0.486. The smallest absolute Gasteiger partial charge is 0.330 e. The number of hydrogen-bond donors (Lipinski definition) is 1. The van der Waals surface area contributed by atoms with E-state index in [0.717, 1.165) is 6.08 Å². The first-order valence-electron chi connectivity index (χ1n) is 4.78. The molecular formula is C11H20O3. The highest BCUT2D eigenvalue weighted by Gasteiger charge is 2.31. The summed E-state index contributed by atoms with van der Waals surface area (Å²) < 4.78 is 4.91. The molecule has 0 aliphatic carbocycles. The first kappa shape index (κ1) is 13.2. The molecule has 1 N–H and O–H groups in total. The molecule has 14 heavy (non-hydrogen) atoms. The van der Waals surface area contributed by atoms with Crippen LogP contribution in [0.25, 0.3) is 0 Å². The molecule has 0 amide bonds. The Bertz CT molecular complexity index is 207. The number of rotatable bonds is 5. The Balaban J connectivity index is 4.19. The summed E-state index contributed by atoms with van der Waals surface area (Å²) in [5.41, 5.74) is -0.424. The lowest BCUT2D eigenvalue weighted by atomic mass is 9.81. The van der Waals surface area contributed by atoms with E-state index in [0.29, 0.717) is 0 Å². The van der Waals surface area contributed by atoms with Crippen molar-refractivity contribution in [1.29, 1.82) is 0 Å². The molecule has 0 bridgehead atoms. The summed E-state index contributed by atoms with van der Waals surface area (Å²) in [6.07, 6.45) is 0.637. The second kappa shape index (κ2) is 5.15. The lowest BCUT2D eigenvalue weighted by Gasteiger charge is -2.32. The van der Waals surface area contributed by atoms with Crippen LogP contribution in [-0.4, -0.2) is 23.8 Å². The van der Waals surface area contributed by atoms with Crippen LogP contribution in [-0.2, 0) is 9.53 Å². The summed E-state index contributed by atoms with van der Waals surface area (Å²) >= 11 is 0. The van der Waals surface area contributed by atoms with Gasteiger partial charge in [-0.25, -0.2) is 4.79 Å². The highest BCUT2D eigenvalue weighted by Crippen LogP contribution is 2.26. The summed E-state index contributed by atoms with van der Waals surface area (Å²) in [5, 5.41) is 9.82. The SMILES string of the molecule is C=CC(=O)OCC(C)(C)C(O)C(C)C. The third-order valence-corrected chi connectivity index (χ3v) is 2.19. The molecule has 0 radical (unpaired) electrons. The van der Waals surface area contributed by atoms with E-state index in [1.54, 1.807) is 0 Å². The maximum atomic E-state index is 10.8. The predicted octanol–water partition coefficient (Wildman–Crippen LogP) is 1.76. The Kier molecular flexibility index (Phi) is 4.85. The Labute approximate surface area is 85.8 Å². The van der Waals surface area contributed by atoms with E-state index >= 15 is 0 Å². The number of esters is 1. The summed E-state index contributed by atoms with van der Waals surface area (Å²) in [6.45, 7) is 11.1. The highest BCUT2D eigenvalue weighted by molar-refractivity contribution is 5.81. The minimum absolute atomic E-state index is 0.146. The minimum Gasteiger partial charge on any atom is -0.462 e. The van der Waals surface area contributed by atoms with Gasteiger partial charge in [-0.15, -0.1) is 0 Å². The first-order valence-corrected chi connectivity index (χ1v) is 4.78. The molecule has 0 rings (SSSR count). The van der Waals surface area contributed by atoms with Gasteiger partial charge in [0.05, 0.1) is 12.7 Å². The van der Waals surface area contributed by atoms with Crippen LogP contribution in [0.3, 0.4) is 0 Å². The third-order valence-electron chi connectivity index (χ3n) is 2.19. The van der Waals surface area contributed by atoms with Crippen LogP contribution < -0.4 is 0 Å². The zero-order chi connectivity index (χ0) is 11.4. The lowest BCUT2D eigenvalue weighted by Crippen LogP contribution is -2.38. The van der Waals surface area contributed by atoms with Gasteiger partial charge in [-0.3, -0.25) is 0 Å². The molecule has 3 heteroatoms. The Hall–Kier alpha value is -0.830. The predicted molar refractivity (Wildman–Crippen MR) is 55.8 cm³/mol. The van der Waals surface area contributed by atoms with E-state index in [1.165, 1.54) is 0 Å². The summed E-state index contributed by atoms with van der Waals surface area (Å²) in [4.78, 5) is 10.8. The van der Waals surface area contributed by atoms with Crippen molar-refractivity contribution in [3.8, 4) is 0 Å². The van der Waals surface area contributed by atoms with Crippen LogP contribution in [0.2, 0.25) is 0 Å². The Morgan fingerprint density at radius 2 is 2.07 bits per heavy atom. The third kappa shape index (κ3) is 3.92. The number of carbonyl (C=O) groups is 1. The van der Waals surface area contributed by atoms with Gasteiger partial charge >= 0.3 is 5.97 Å². The van der Waals surface area contributed by atoms with E-state index in [4.69, 9.17) is 4.74 Å². The van der Waals surface area contributed by atoms with Gasteiger partial charge in [0.25, 0.3) is 0 Å². The zero-order valence-electron chi connectivity index (χ0n) is 9.41. The maximum Gasteiger partial charge on any atom is 0.330 e. The van der Waals surface area contributed by atoms with Gasteiger partial charge in [0.2, 0.25) is 0 Å². The fraction of sp³-hybridized carbons (Fsp3) is 0.727. The number of carbonyl (C=O) groups excluding carboxylic acids is 1. The number of aliphatic hydroxyl groups is 1. The largest absolute Gasteiger partial charge is 0.462 e. The molecular weight excluding hydrogens is 180 g/mol. The van der Waals surface area contributed by atoms with E-state index in [1.807, 2.05) is 27.7 Å². The molecule has 3 nitrogen and oxygen atoms in total. The van der Waals surface area contributed by atoms with Crippen LogP contribution in [0, 0.1) is 11.3 Å². The number of ether oxygens (including phenoxy) is 1. The fourth-order valence-electron chi connectivity index (χ4n) is 1.30. The van der Waals surface area contributed by atoms with Crippen molar-refractivity contribution in [3.63, 3.8) is 0 Å². The molecule has 82 valence electrons. The normalized spacial score (nSPS) is 13.9. The monoisotopic (exact) mass is 200 g/mol. The first-order chi connectivity index (χ1) is 6.31. The molecule has 0 heterocycles. The van der Waals surface area contributed by atoms with Crippen LogP contribution >= 0.6 is 0 Å². The zero-order valence-corrected chi connectivity index (χ0v) is 9.41. The highest BCUT2D eigenvalue weighted by atomic mass is 16.5. The van der Waals surface area contributed by atoms with Crippen LogP contribution in [0.1, 0.15) is 27.7 Å². The van der Waals surface area contributed by atoms with Crippen molar-refractivity contribution in [2.24, 2.45) is 11.3 Å². The molecule has 0 aromatic carbocycles. The number of hydrogen-bond acceptors (Lipinski definition) is 3. The van der Waals surface area contributed by atoms with Crippen molar-refractivity contribution in [3.05, 3.63) is 12.7 Å². The van der Waals surface area contributed by atoms with Crippen molar-refractivity contribution in [2.75, 3.05) is 6.61 Å². The van der Waals surface area contributed by atoms with Gasteiger partial charge in [-0.1, -0.05) is 34.3 Å². The van der Waals surface area contributed by atoms with E-state index in [-0.39, 0.29) is 12.5 Å². The van der Waals surface area contributed by atoms with E-state index < -0.39 is 17.5 Å². The van der Waals surface area contributed by atoms with Crippen molar-refractivity contribution in [2.45, 2.75) is 33.8 Å². The molecule has 1 atom stereocenters. The summed E-state index contributed by atoms with van der Waals surface area (Å²) in [7, 11) is 0.